The smallest absolute Gasteiger partial charge is 0.254 e. The van der Waals surface area contributed by atoms with Crippen LogP contribution in [-0.4, -0.2) is 28.6 Å². The van der Waals surface area contributed by atoms with E-state index < -0.39 is 17.5 Å². The van der Waals surface area contributed by atoms with Gasteiger partial charge in [-0.1, -0.05) is 0 Å². The van der Waals surface area contributed by atoms with Crippen molar-refractivity contribution in [2.45, 2.75) is 18.9 Å². The number of nitrogens with one attached hydrogen (secondary N) is 1. The first-order chi connectivity index (χ1) is 11.6. The highest BCUT2D eigenvalue weighted by Gasteiger charge is 2.30. The zero-order valence-corrected chi connectivity index (χ0v) is 13.3. The zero-order valence-electron chi connectivity index (χ0n) is 13.3. The van der Waals surface area contributed by atoms with E-state index in [1.807, 2.05) is 17.8 Å². The number of aromatic nitrogens is 2. The minimum absolute atomic E-state index is 0.0282. The molecule has 0 spiro atoms. The number of carbonyl (C=O) groups excluding carboxylic acids is 1. The number of benzene rings is 1. The minimum Gasteiger partial charge on any atom is -0.370 e. The van der Waals surface area contributed by atoms with E-state index in [0.29, 0.717) is 13.2 Å². The standard InChI is InChI=1S/C17H19F2N3O2/c1-22-7-6-20-16(22)15-11(3-2-8-24-15)10-21-17(23)13-9-12(18)4-5-14(13)19/h4-7,9,11,15H,2-3,8,10H2,1H3,(H,21,23)/t11-,15+/m0/s1. The molecule has 1 amide bonds. The molecular weight excluding hydrogens is 316 g/mol. The highest BCUT2D eigenvalue weighted by Crippen LogP contribution is 2.32. The van der Waals surface area contributed by atoms with Gasteiger partial charge >= 0.3 is 0 Å². The summed E-state index contributed by atoms with van der Waals surface area (Å²) in [6, 6.07) is 2.83. The molecule has 1 fully saturated rings. The fourth-order valence-electron chi connectivity index (χ4n) is 2.98. The maximum atomic E-state index is 13.7. The molecule has 7 heteroatoms. The number of hydrogen-bond acceptors (Lipinski definition) is 3. The summed E-state index contributed by atoms with van der Waals surface area (Å²) < 4.78 is 34.6. The molecule has 1 N–H and O–H groups in total. The fourth-order valence-corrected chi connectivity index (χ4v) is 2.98. The topological polar surface area (TPSA) is 56.1 Å². The summed E-state index contributed by atoms with van der Waals surface area (Å²) in [4.78, 5) is 16.5. The molecule has 1 aromatic carbocycles. The Bertz CT molecular complexity index is 732. The van der Waals surface area contributed by atoms with Crippen molar-refractivity contribution in [1.29, 1.82) is 0 Å². The highest BCUT2D eigenvalue weighted by molar-refractivity contribution is 5.94. The number of hydrogen-bond donors (Lipinski definition) is 1. The van der Waals surface area contributed by atoms with Gasteiger partial charge in [0.1, 0.15) is 23.6 Å². The Hall–Kier alpha value is -2.28. The predicted molar refractivity (Wildman–Crippen MR) is 83.3 cm³/mol. The van der Waals surface area contributed by atoms with E-state index in [1.54, 1.807) is 6.20 Å². The quantitative estimate of drug-likeness (QED) is 0.934. The Morgan fingerprint density at radius 3 is 3.04 bits per heavy atom. The molecule has 0 radical (unpaired) electrons. The third-order valence-electron chi connectivity index (χ3n) is 4.26. The monoisotopic (exact) mass is 335 g/mol. The summed E-state index contributed by atoms with van der Waals surface area (Å²) in [6.07, 6.45) is 5.06. The lowest BCUT2D eigenvalue weighted by Crippen LogP contribution is -2.36. The molecule has 1 aliphatic heterocycles. The van der Waals surface area contributed by atoms with Gasteiger partial charge < -0.3 is 14.6 Å². The van der Waals surface area contributed by atoms with E-state index in [2.05, 4.69) is 10.3 Å². The second-order valence-electron chi connectivity index (χ2n) is 5.92. The number of imidazole rings is 1. The Kier molecular flexibility index (Phi) is 4.89. The fraction of sp³-hybridized carbons (Fsp3) is 0.412. The molecule has 1 saturated heterocycles. The number of halogens is 2. The first kappa shape index (κ1) is 16.6. The van der Waals surface area contributed by atoms with Crippen LogP contribution in [0.3, 0.4) is 0 Å². The lowest BCUT2D eigenvalue weighted by molar-refractivity contribution is -0.0337. The van der Waals surface area contributed by atoms with E-state index in [1.165, 1.54) is 0 Å². The summed E-state index contributed by atoms with van der Waals surface area (Å²) in [5, 5.41) is 2.69. The highest BCUT2D eigenvalue weighted by atomic mass is 19.1. The number of nitrogens with zero attached hydrogens (tertiary/aromatic N) is 2. The molecule has 0 unspecified atom stereocenters. The van der Waals surface area contributed by atoms with Gasteiger partial charge in [0.2, 0.25) is 0 Å². The predicted octanol–water partition coefficient (Wildman–Crippen LogP) is 2.60. The number of aryl methyl sites for hydroxylation is 1. The lowest BCUT2D eigenvalue weighted by Gasteiger charge is -2.31. The van der Waals surface area contributed by atoms with Gasteiger partial charge in [0.05, 0.1) is 5.56 Å². The van der Waals surface area contributed by atoms with Gasteiger partial charge in [-0.25, -0.2) is 13.8 Å². The van der Waals surface area contributed by atoms with Gasteiger partial charge in [0.15, 0.2) is 0 Å². The molecule has 2 aromatic rings. The molecular formula is C17H19F2N3O2. The SMILES string of the molecule is Cn1ccnc1[C@@H]1OCCC[C@H]1CNC(=O)c1cc(F)ccc1F. The number of carbonyl (C=O) groups is 1. The van der Waals surface area contributed by atoms with Crippen molar-refractivity contribution in [3.05, 3.63) is 53.6 Å². The number of amides is 1. The van der Waals surface area contributed by atoms with Crippen LogP contribution in [0.5, 0.6) is 0 Å². The van der Waals surface area contributed by atoms with Crippen molar-refractivity contribution >= 4 is 5.91 Å². The summed E-state index contributed by atoms with van der Waals surface area (Å²) in [6.45, 7) is 0.951. The molecule has 128 valence electrons. The minimum atomic E-state index is -0.741. The molecule has 24 heavy (non-hydrogen) atoms. The van der Waals surface area contributed by atoms with Crippen LogP contribution >= 0.6 is 0 Å². The maximum Gasteiger partial charge on any atom is 0.254 e. The Balaban J connectivity index is 1.69. The zero-order chi connectivity index (χ0) is 17.1. The Labute approximate surface area is 138 Å². The Morgan fingerprint density at radius 2 is 2.29 bits per heavy atom. The lowest BCUT2D eigenvalue weighted by atomic mass is 9.93. The van der Waals surface area contributed by atoms with Crippen molar-refractivity contribution < 1.29 is 18.3 Å². The summed E-state index contributed by atoms with van der Waals surface area (Å²) >= 11 is 0. The average molecular weight is 335 g/mol. The van der Waals surface area contributed by atoms with Gasteiger partial charge in [0, 0.05) is 38.5 Å². The summed E-state index contributed by atoms with van der Waals surface area (Å²) in [7, 11) is 1.89. The van der Waals surface area contributed by atoms with Crippen LogP contribution in [0, 0.1) is 17.6 Å². The third kappa shape index (κ3) is 3.46. The second kappa shape index (κ2) is 7.09. The van der Waals surface area contributed by atoms with Crippen molar-refractivity contribution in [2.75, 3.05) is 13.2 Å². The summed E-state index contributed by atoms with van der Waals surface area (Å²) in [5.74, 6) is -1.19. The molecule has 2 heterocycles. The van der Waals surface area contributed by atoms with E-state index in [0.717, 1.165) is 36.9 Å². The van der Waals surface area contributed by atoms with Crippen LogP contribution in [0.25, 0.3) is 0 Å². The first-order valence-electron chi connectivity index (χ1n) is 7.88. The average Bonchev–Trinajstić information content (AvgIpc) is 3.01. The van der Waals surface area contributed by atoms with Crippen molar-refractivity contribution in [3.8, 4) is 0 Å². The number of ether oxygens (including phenoxy) is 1. The molecule has 2 atom stereocenters. The van der Waals surface area contributed by atoms with Gasteiger partial charge in [-0.2, -0.15) is 0 Å². The van der Waals surface area contributed by atoms with Crippen LogP contribution in [-0.2, 0) is 11.8 Å². The molecule has 3 rings (SSSR count). The molecule has 0 saturated carbocycles. The maximum absolute atomic E-state index is 13.7. The van der Waals surface area contributed by atoms with Crippen molar-refractivity contribution in [3.63, 3.8) is 0 Å². The van der Waals surface area contributed by atoms with E-state index in [4.69, 9.17) is 4.74 Å². The van der Waals surface area contributed by atoms with Gasteiger partial charge in [-0.05, 0) is 31.0 Å². The first-order valence-corrected chi connectivity index (χ1v) is 7.88. The van der Waals surface area contributed by atoms with Gasteiger partial charge in [-0.3, -0.25) is 4.79 Å². The molecule has 1 aliphatic rings. The molecule has 5 nitrogen and oxygen atoms in total. The Morgan fingerprint density at radius 1 is 1.46 bits per heavy atom. The largest absolute Gasteiger partial charge is 0.370 e. The van der Waals surface area contributed by atoms with Crippen LogP contribution in [0.15, 0.2) is 30.6 Å². The molecule has 1 aromatic heterocycles. The van der Waals surface area contributed by atoms with Crippen LogP contribution in [0.2, 0.25) is 0 Å². The number of rotatable bonds is 4. The van der Waals surface area contributed by atoms with Crippen LogP contribution in [0.4, 0.5) is 8.78 Å². The normalized spacial score (nSPS) is 20.8. The van der Waals surface area contributed by atoms with Crippen LogP contribution < -0.4 is 5.32 Å². The molecule has 0 bridgehead atoms. The van der Waals surface area contributed by atoms with Crippen LogP contribution in [0.1, 0.15) is 35.1 Å². The van der Waals surface area contributed by atoms with Gasteiger partial charge in [-0.15, -0.1) is 0 Å². The van der Waals surface area contributed by atoms with Gasteiger partial charge in [0.25, 0.3) is 5.91 Å². The van der Waals surface area contributed by atoms with E-state index in [9.17, 15) is 13.6 Å². The van der Waals surface area contributed by atoms with Crippen molar-refractivity contribution in [1.82, 2.24) is 14.9 Å². The van der Waals surface area contributed by atoms with Crippen molar-refractivity contribution in [2.24, 2.45) is 13.0 Å². The second-order valence-corrected chi connectivity index (χ2v) is 5.92. The third-order valence-corrected chi connectivity index (χ3v) is 4.26. The summed E-state index contributed by atoms with van der Waals surface area (Å²) in [5.41, 5.74) is -0.291. The van der Waals surface area contributed by atoms with E-state index >= 15 is 0 Å². The molecule has 0 aliphatic carbocycles. The van der Waals surface area contributed by atoms with E-state index in [-0.39, 0.29) is 17.6 Å².